The molecule has 3 heterocycles. The third-order valence-corrected chi connectivity index (χ3v) is 6.28. The molecule has 4 rings (SSSR count). The van der Waals surface area contributed by atoms with Gasteiger partial charge >= 0.3 is 0 Å². The highest BCUT2D eigenvalue weighted by Crippen LogP contribution is 2.28. The lowest BCUT2D eigenvalue weighted by molar-refractivity contribution is -0.144. The normalized spacial score (nSPS) is 20.1. The molecule has 0 aliphatic carbocycles. The SMILES string of the molecule is O=C(C=Cc1ccc(-c2ccccc2)s1)N1CCN(C(=O)C2CCCO2)CC1. The van der Waals surface area contributed by atoms with Gasteiger partial charge < -0.3 is 14.5 Å². The van der Waals surface area contributed by atoms with Crippen molar-refractivity contribution in [3.63, 3.8) is 0 Å². The fourth-order valence-corrected chi connectivity index (χ4v) is 4.50. The first kappa shape index (κ1) is 18.9. The number of amides is 2. The molecular weight excluding hydrogens is 372 g/mol. The lowest BCUT2D eigenvalue weighted by Gasteiger charge is -2.35. The van der Waals surface area contributed by atoms with Crippen molar-refractivity contribution in [1.82, 2.24) is 9.80 Å². The van der Waals surface area contributed by atoms with Crippen LogP contribution in [0.4, 0.5) is 0 Å². The first-order valence-electron chi connectivity index (χ1n) is 9.73. The van der Waals surface area contributed by atoms with Gasteiger partial charge in [0, 0.05) is 48.6 Å². The van der Waals surface area contributed by atoms with Crippen molar-refractivity contribution < 1.29 is 14.3 Å². The van der Waals surface area contributed by atoms with Crippen LogP contribution in [0.3, 0.4) is 0 Å². The van der Waals surface area contributed by atoms with Crippen LogP contribution in [0, 0.1) is 0 Å². The molecular formula is C22H24N2O3S. The van der Waals surface area contributed by atoms with Crippen molar-refractivity contribution in [3.8, 4) is 10.4 Å². The van der Waals surface area contributed by atoms with Crippen molar-refractivity contribution in [3.05, 3.63) is 53.4 Å². The lowest BCUT2D eigenvalue weighted by atomic mass is 10.2. The Bertz CT molecular complexity index is 848. The molecule has 5 nitrogen and oxygen atoms in total. The number of carbonyl (C=O) groups excluding carboxylic acids is 2. The number of nitrogens with zero attached hydrogens (tertiary/aromatic N) is 2. The number of carbonyl (C=O) groups is 2. The summed E-state index contributed by atoms with van der Waals surface area (Å²) in [5.41, 5.74) is 1.19. The number of benzene rings is 1. The van der Waals surface area contributed by atoms with Crippen molar-refractivity contribution in [2.24, 2.45) is 0 Å². The molecule has 0 saturated carbocycles. The summed E-state index contributed by atoms with van der Waals surface area (Å²) in [4.78, 5) is 30.8. The fraction of sp³-hybridized carbons (Fsp3) is 0.364. The van der Waals surface area contributed by atoms with E-state index in [4.69, 9.17) is 4.74 Å². The number of rotatable bonds is 4. The molecule has 1 atom stereocenters. The van der Waals surface area contributed by atoms with Gasteiger partial charge in [0.25, 0.3) is 5.91 Å². The van der Waals surface area contributed by atoms with Crippen molar-refractivity contribution in [1.29, 1.82) is 0 Å². The quantitative estimate of drug-likeness (QED) is 0.746. The third-order valence-electron chi connectivity index (χ3n) is 5.18. The fourth-order valence-electron chi connectivity index (χ4n) is 3.58. The average molecular weight is 397 g/mol. The van der Waals surface area contributed by atoms with Gasteiger partial charge in [0.2, 0.25) is 5.91 Å². The molecule has 2 amide bonds. The van der Waals surface area contributed by atoms with Crippen molar-refractivity contribution in [2.45, 2.75) is 18.9 Å². The summed E-state index contributed by atoms with van der Waals surface area (Å²) in [6.45, 7) is 2.97. The molecule has 2 aromatic rings. The monoisotopic (exact) mass is 396 g/mol. The van der Waals surface area contributed by atoms with E-state index >= 15 is 0 Å². The molecule has 2 fully saturated rings. The summed E-state index contributed by atoms with van der Waals surface area (Å²) < 4.78 is 5.48. The zero-order chi connectivity index (χ0) is 19.3. The van der Waals surface area contributed by atoms with Crippen molar-refractivity contribution in [2.75, 3.05) is 32.8 Å². The molecule has 0 spiro atoms. The van der Waals surface area contributed by atoms with Gasteiger partial charge in [-0.05, 0) is 36.6 Å². The Morgan fingerprint density at radius 1 is 1.00 bits per heavy atom. The predicted molar refractivity (Wildman–Crippen MR) is 111 cm³/mol. The third kappa shape index (κ3) is 4.34. The second-order valence-corrected chi connectivity index (χ2v) is 8.17. The first-order valence-corrected chi connectivity index (χ1v) is 10.5. The summed E-state index contributed by atoms with van der Waals surface area (Å²) >= 11 is 1.67. The molecule has 1 aromatic heterocycles. The zero-order valence-electron chi connectivity index (χ0n) is 15.8. The maximum atomic E-state index is 12.5. The Kier molecular flexibility index (Phi) is 5.88. The van der Waals surface area contributed by atoms with Gasteiger partial charge in [0.1, 0.15) is 6.10 Å². The molecule has 0 bridgehead atoms. The maximum Gasteiger partial charge on any atom is 0.251 e. The van der Waals surface area contributed by atoms with Gasteiger partial charge in [0.15, 0.2) is 0 Å². The largest absolute Gasteiger partial charge is 0.368 e. The summed E-state index contributed by atoms with van der Waals surface area (Å²) in [6, 6.07) is 14.3. The van der Waals surface area contributed by atoms with E-state index in [9.17, 15) is 9.59 Å². The van der Waals surface area contributed by atoms with E-state index in [1.54, 1.807) is 17.4 Å². The van der Waals surface area contributed by atoms with Crippen LogP contribution >= 0.6 is 11.3 Å². The molecule has 2 aliphatic heterocycles. The van der Waals surface area contributed by atoms with Gasteiger partial charge in [-0.1, -0.05) is 30.3 Å². The van der Waals surface area contributed by atoms with Crippen molar-refractivity contribution >= 4 is 29.2 Å². The highest BCUT2D eigenvalue weighted by molar-refractivity contribution is 7.16. The summed E-state index contributed by atoms with van der Waals surface area (Å²) in [5, 5.41) is 0. The van der Waals surface area contributed by atoms with E-state index in [0.29, 0.717) is 32.8 Å². The molecule has 6 heteroatoms. The molecule has 2 aliphatic rings. The molecule has 1 aromatic carbocycles. The van der Waals surface area contributed by atoms with Crippen LogP contribution in [0.25, 0.3) is 16.5 Å². The van der Waals surface area contributed by atoms with Crippen LogP contribution in [-0.2, 0) is 14.3 Å². The number of piperazine rings is 1. The lowest BCUT2D eigenvalue weighted by Crippen LogP contribution is -2.52. The average Bonchev–Trinajstić information content (AvgIpc) is 3.44. The summed E-state index contributed by atoms with van der Waals surface area (Å²) in [6.07, 6.45) is 5.00. The molecule has 1 unspecified atom stereocenters. The Hall–Kier alpha value is -2.44. The van der Waals surface area contributed by atoms with Crippen LogP contribution < -0.4 is 0 Å². The zero-order valence-corrected chi connectivity index (χ0v) is 16.6. The second-order valence-electron chi connectivity index (χ2n) is 7.05. The van der Waals surface area contributed by atoms with Gasteiger partial charge in [-0.25, -0.2) is 0 Å². The highest BCUT2D eigenvalue weighted by Gasteiger charge is 2.30. The standard InChI is InChI=1S/C22H24N2O3S/c25-21(11-9-18-8-10-20(28-18)17-5-2-1-3-6-17)23-12-14-24(15-13-23)22(26)19-7-4-16-27-19/h1-3,5-6,8-11,19H,4,7,12-16H2. The smallest absolute Gasteiger partial charge is 0.251 e. The predicted octanol–water partition coefficient (Wildman–Crippen LogP) is 3.28. The number of thiophene rings is 1. The van der Waals surface area contributed by atoms with Crippen LogP contribution in [0.2, 0.25) is 0 Å². The van der Waals surface area contributed by atoms with E-state index in [1.165, 1.54) is 10.4 Å². The van der Waals surface area contributed by atoms with E-state index < -0.39 is 0 Å². The van der Waals surface area contributed by atoms with Gasteiger partial charge in [-0.3, -0.25) is 9.59 Å². The van der Waals surface area contributed by atoms with E-state index in [0.717, 1.165) is 17.7 Å². The Morgan fingerprint density at radius 2 is 1.75 bits per heavy atom. The molecule has 0 radical (unpaired) electrons. The number of hydrogen-bond donors (Lipinski definition) is 0. The van der Waals surface area contributed by atoms with Gasteiger partial charge in [-0.2, -0.15) is 0 Å². The minimum atomic E-state index is -0.278. The van der Waals surface area contributed by atoms with Gasteiger partial charge in [-0.15, -0.1) is 11.3 Å². The van der Waals surface area contributed by atoms with E-state index in [-0.39, 0.29) is 17.9 Å². The highest BCUT2D eigenvalue weighted by atomic mass is 32.1. The van der Waals surface area contributed by atoms with E-state index in [2.05, 4.69) is 18.2 Å². The number of hydrogen-bond acceptors (Lipinski definition) is 4. The Balaban J connectivity index is 1.30. The summed E-state index contributed by atoms with van der Waals surface area (Å²) in [7, 11) is 0. The molecule has 146 valence electrons. The minimum absolute atomic E-state index is 0.00104. The molecule has 2 saturated heterocycles. The van der Waals surface area contributed by atoms with Crippen LogP contribution in [-0.4, -0.2) is 60.5 Å². The summed E-state index contributed by atoms with van der Waals surface area (Å²) in [5.74, 6) is 0.0750. The maximum absolute atomic E-state index is 12.5. The van der Waals surface area contributed by atoms with E-state index in [1.807, 2.05) is 40.1 Å². The van der Waals surface area contributed by atoms with Gasteiger partial charge in [0.05, 0.1) is 0 Å². The Labute approximate surface area is 169 Å². The number of ether oxygens (including phenoxy) is 1. The van der Waals surface area contributed by atoms with Crippen LogP contribution in [0.5, 0.6) is 0 Å². The van der Waals surface area contributed by atoms with Crippen LogP contribution in [0.1, 0.15) is 17.7 Å². The molecule has 28 heavy (non-hydrogen) atoms. The van der Waals surface area contributed by atoms with Crippen LogP contribution in [0.15, 0.2) is 48.5 Å². The second kappa shape index (κ2) is 8.71. The topological polar surface area (TPSA) is 49.9 Å². The Morgan fingerprint density at radius 3 is 2.46 bits per heavy atom. The first-order chi connectivity index (χ1) is 13.7. The molecule has 0 N–H and O–H groups in total. The minimum Gasteiger partial charge on any atom is -0.368 e.